The molecule has 1 unspecified atom stereocenters. The van der Waals surface area contributed by atoms with Gasteiger partial charge < -0.3 is 20.2 Å². The Morgan fingerprint density at radius 3 is 2.67 bits per heavy atom. The Hall–Kier alpha value is -2.43. The fourth-order valence-corrected chi connectivity index (χ4v) is 1.98. The number of ether oxygens (including phenoxy) is 1. The summed E-state index contributed by atoms with van der Waals surface area (Å²) >= 11 is 0. The summed E-state index contributed by atoms with van der Waals surface area (Å²) in [6, 6.07) is 11.6. The van der Waals surface area contributed by atoms with E-state index in [1.54, 1.807) is 6.26 Å². The maximum Gasteiger partial charge on any atom is 0.220 e. The lowest BCUT2D eigenvalue weighted by Crippen LogP contribution is -2.14. The number of hydrogen-bond acceptors (Lipinski definition) is 4. The second-order valence-electron chi connectivity index (χ2n) is 4.71. The molecule has 3 N–H and O–H groups in total. The highest BCUT2D eigenvalue weighted by molar-refractivity contribution is 5.73. The van der Waals surface area contributed by atoms with Crippen LogP contribution in [0, 0.1) is 0 Å². The first kappa shape index (κ1) is 15.0. The van der Waals surface area contributed by atoms with Crippen molar-refractivity contribution in [3.63, 3.8) is 0 Å². The molecule has 0 saturated carbocycles. The van der Waals surface area contributed by atoms with Gasteiger partial charge in [-0.05, 0) is 42.8 Å². The van der Waals surface area contributed by atoms with Gasteiger partial charge in [-0.25, -0.2) is 0 Å². The Balaban J connectivity index is 1.91. The van der Waals surface area contributed by atoms with E-state index in [1.807, 2.05) is 36.4 Å². The van der Waals surface area contributed by atoms with Crippen molar-refractivity contribution in [1.29, 1.82) is 0 Å². The van der Waals surface area contributed by atoms with Gasteiger partial charge in [0.2, 0.25) is 5.91 Å². The average Bonchev–Trinajstić information content (AvgIpc) is 3.00. The van der Waals surface area contributed by atoms with E-state index in [-0.39, 0.29) is 18.4 Å². The van der Waals surface area contributed by atoms with E-state index in [4.69, 9.17) is 14.9 Å². The normalized spacial score (nSPS) is 11.9. The van der Waals surface area contributed by atoms with Crippen molar-refractivity contribution >= 4 is 11.6 Å². The summed E-state index contributed by atoms with van der Waals surface area (Å²) in [5, 5.41) is 3.41. The van der Waals surface area contributed by atoms with E-state index >= 15 is 0 Å². The van der Waals surface area contributed by atoms with E-state index in [1.165, 1.54) is 0 Å². The molecular weight excluding hydrogens is 268 g/mol. The standard InChI is InChI=1S/C16H20N2O3/c1-2-14(15-4-3-10-21-15)18-12-5-7-13(8-6-12)20-11-9-16(17)19/h3-8,10,14,18H,2,9,11H2,1H3,(H2,17,19). The molecule has 0 bridgehead atoms. The predicted molar refractivity (Wildman–Crippen MR) is 81.1 cm³/mol. The van der Waals surface area contributed by atoms with Gasteiger partial charge in [0.05, 0.1) is 25.3 Å². The van der Waals surface area contributed by atoms with E-state index in [2.05, 4.69) is 12.2 Å². The molecule has 5 heteroatoms. The Morgan fingerprint density at radius 1 is 1.33 bits per heavy atom. The summed E-state index contributed by atoms with van der Waals surface area (Å²) in [5.74, 6) is 1.27. The molecule has 1 aromatic heterocycles. The minimum Gasteiger partial charge on any atom is -0.493 e. The highest BCUT2D eigenvalue weighted by atomic mass is 16.5. The Labute approximate surface area is 124 Å². The molecule has 1 heterocycles. The number of hydrogen-bond donors (Lipinski definition) is 2. The zero-order valence-corrected chi connectivity index (χ0v) is 12.0. The van der Waals surface area contributed by atoms with Crippen LogP contribution < -0.4 is 15.8 Å². The first-order valence-electron chi connectivity index (χ1n) is 7.00. The molecule has 0 aliphatic carbocycles. The van der Waals surface area contributed by atoms with Crippen LogP contribution in [0.25, 0.3) is 0 Å². The van der Waals surface area contributed by atoms with Crippen LogP contribution in [0.1, 0.15) is 31.6 Å². The van der Waals surface area contributed by atoms with Crippen LogP contribution in [0.15, 0.2) is 47.1 Å². The maximum atomic E-state index is 10.6. The molecule has 1 atom stereocenters. The first-order chi connectivity index (χ1) is 10.2. The predicted octanol–water partition coefficient (Wildman–Crippen LogP) is 3.10. The molecule has 1 amide bonds. The summed E-state index contributed by atoms with van der Waals surface area (Å²) in [4.78, 5) is 10.6. The van der Waals surface area contributed by atoms with Gasteiger partial charge in [-0.1, -0.05) is 6.92 Å². The lowest BCUT2D eigenvalue weighted by molar-refractivity contribution is -0.118. The number of primary amides is 1. The number of amides is 1. The van der Waals surface area contributed by atoms with Gasteiger partial charge in [0.15, 0.2) is 0 Å². The Kier molecular flexibility index (Phi) is 5.26. The van der Waals surface area contributed by atoms with Crippen molar-refractivity contribution in [3.05, 3.63) is 48.4 Å². The number of nitrogens with two attached hydrogens (primary N) is 1. The number of rotatable bonds is 8. The fourth-order valence-electron chi connectivity index (χ4n) is 1.98. The van der Waals surface area contributed by atoms with E-state index in [0.29, 0.717) is 12.4 Å². The third-order valence-corrected chi connectivity index (χ3v) is 3.11. The molecule has 2 aromatic rings. The van der Waals surface area contributed by atoms with Crippen molar-refractivity contribution < 1.29 is 13.9 Å². The number of nitrogens with one attached hydrogen (secondary N) is 1. The lowest BCUT2D eigenvalue weighted by atomic mass is 10.1. The second-order valence-corrected chi connectivity index (χ2v) is 4.71. The summed E-state index contributed by atoms with van der Waals surface area (Å²) in [6.07, 6.45) is 2.82. The van der Waals surface area contributed by atoms with Crippen molar-refractivity contribution in [1.82, 2.24) is 0 Å². The zero-order valence-electron chi connectivity index (χ0n) is 12.0. The Bertz CT molecular complexity index is 549. The molecular formula is C16H20N2O3. The summed E-state index contributed by atoms with van der Waals surface area (Å²) < 4.78 is 10.9. The van der Waals surface area contributed by atoms with Crippen LogP contribution in [0.4, 0.5) is 5.69 Å². The van der Waals surface area contributed by atoms with Crippen LogP contribution in [-0.2, 0) is 4.79 Å². The van der Waals surface area contributed by atoms with E-state index in [0.717, 1.165) is 17.9 Å². The van der Waals surface area contributed by atoms with E-state index < -0.39 is 0 Å². The van der Waals surface area contributed by atoms with Crippen LogP contribution in [-0.4, -0.2) is 12.5 Å². The maximum absolute atomic E-state index is 10.6. The molecule has 21 heavy (non-hydrogen) atoms. The molecule has 0 radical (unpaired) electrons. The van der Waals surface area contributed by atoms with Crippen LogP contribution >= 0.6 is 0 Å². The molecule has 5 nitrogen and oxygen atoms in total. The number of carbonyl (C=O) groups excluding carboxylic acids is 1. The lowest BCUT2D eigenvalue weighted by Gasteiger charge is -2.16. The van der Waals surface area contributed by atoms with Crippen LogP contribution in [0.3, 0.4) is 0 Å². The number of carbonyl (C=O) groups is 1. The fraction of sp³-hybridized carbons (Fsp3) is 0.312. The third-order valence-electron chi connectivity index (χ3n) is 3.11. The molecule has 2 rings (SSSR count). The quantitative estimate of drug-likeness (QED) is 0.782. The van der Waals surface area contributed by atoms with Gasteiger partial charge in [0.25, 0.3) is 0 Å². The largest absolute Gasteiger partial charge is 0.493 e. The SMILES string of the molecule is CCC(Nc1ccc(OCCC(N)=O)cc1)c1ccco1. The summed E-state index contributed by atoms with van der Waals surface area (Å²) in [7, 11) is 0. The average molecular weight is 288 g/mol. The number of anilines is 1. The number of furan rings is 1. The minimum atomic E-state index is -0.363. The van der Waals surface area contributed by atoms with Gasteiger partial charge in [0.1, 0.15) is 11.5 Å². The number of benzene rings is 1. The minimum absolute atomic E-state index is 0.140. The molecule has 0 spiro atoms. The van der Waals surface area contributed by atoms with E-state index in [9.17, 15) is 4.79 Å². The zero-order chi connectivity index (χ0) is 15.1. The molecule has 1 aromatic carbocycles. The third kappa shape index (κ3) is 4.56. The van der Waals surface area contributed by atoms with Crippen molar-refractivity contribution in [2.45, 2.75) is 25.8 Å². The summed E-state index contributed by atoms with van der Waals surface area (Å²) in [6.45, 7) is 2.40. The molecule has 112 valence electrons. The van der Waals surface area contributed by atoms with Crippen LogP contribution in [0.5, 0.6) is 5.75 Å². The van der Waals surface area contributed by atoms with Crippen molar-refractivity contribution in [2.75, 3.05) is 11.9 Å². The monoisotopic (exact) mass is 288 g/mol. The topological polar surface area (TPSA) is 77.5 Å². The molecule has 0 fully saturated rings. The first-order valence-corrected chi connectivity index (χ1v) is 7.00. The molecule has 0 saturated heterocycles. The van der Waals surface area contributed by atoms with Crippen molar-refractivity contribution in [3.8, 4) is 5.75 Å². The molecule has 0 aliphatic rings. The van der Waals surface area contributed by atoms with Crippen molar-refractivity contribution in [2.24, 2.45) is 5.73 Å². The smallest absolute Gasteiger partial charge is 0.220 e. The highest BCUT2D eigenvalue weighted by Crippen LogP contribution is 2.24. The van der Waals surface area contributed by atoms with Gasteiger partial charge in [-0.2, -0.15) is 0 Å². The Morgan fingerprint density at radius 2 is 2.10 bits per heavy atom. The highest BCUT2D eigenvalue weighted by Gasteiger charge is 2.11. The van der Waals surface area contributed by atoms with Gasteiger partial charge in [0, 0.05) is 5.69 Å². The van der Waals surface area contributed by atoms with Gasteiger partial charge in [-0.3, -0.25) is 4.79 Å². The van der Waals surface area contributed by atoms with Gasteiger partial charge >= 0.3 is 0 Å². The second kappa shape index (κ2) is 7.38. The summed E-state index contributed by atoms with van der Waals surface area (Å²) in [5.41, 5.74) is 6.05. The van der Waals surface area contributed by atoms with Gasteiger partial charge in [-0.15, -0.1) is 0 Å². The molecule has 0 aliphatic heterocycles. The van der Waals surface area contributed by atoms with Crippen LogP contribution in [0.2, 0.25) is 0 Å².